The predicted molar refractivity (Wildman–Crippen MR) is 55.5 cm³/mol. The van der Waals surface area contributed by atoms with Crippen molar-refractivity contribution >= 4 is 11.9 Å². The minimum Gasteiger partial charge on any atom is -0.441 e. The van der Waals surface area contributed by atoms with E-state index < -0.39 is 11.9 Å². The van der Waals surface area contributed by atoms with Crippen molar-refractivity contribution in [2.75, 3.05) is 13.6 Å². The van der Waals surface area contributed by atoms with Gasteiger partial charge in [0.1, 0.15) is 5.78 Å². The van der Waals surface area contributed by atoms with Crippen LogP contribution in [0, 0.1) is 6.92 Å². The zero-order chi connectivity index (χ0) is 13.0. The van der Waals surface area contributed by atoms with Crippen molar-refractivity contribution in [3.8, 4) is 0 Å². The van der Waals surface area contributed by atoms with Crippen LogP contribution in [0.3, 0.4) is 0 Å². The van der Waals surface area contributed by atoms with E-state index >= 15 is 0 Å². The van der Waals surface area contributed by atoms with E-state index in [1.54, 1.807) is 0 Å². The zero-order valence-corrected chi connectivity index (χ0v) is 9.81. The molecule has 0 atom stereocenters. The van der Waals surface area contributed by atoms with Gasteiger partial charge in [-0.1, -0.05) is 0 Å². The summed E-state index contributed by atoms with van der Waals surface area (Å²) < 4.78 is 14.1. The summed E-state index contributed by atoms with van der Waals surface area (Å²) in [5.74, 6) is -0.585. The van der Waals surface area contributed by atoms with Gasteiger partial charge < -0.3 is 18.5 Å². The maximum absolute atomic E-state index is 11.4. The van der Waals surface area contributed by atoms with Crippen LogP contribution in [0.1, 0.15) is 18.4 Å². The third kappa shape index (κ3) is 3.78. The smallest absolute Gasteiger partial charge is 0.441 e. The SMILES string of the molecule is CC(=O)CN(C)C(=O)OCc1oc(=O)oc1C. The molecule has 17 heavy (non-hydrogen) atoms. The van der Waals surface area contributed by atoms with E-state index in [1.807, 2.05) is 0 Å². The molecule has 1 aromatic rings. The molecule has 0 bridgehead atoms. The standard InChI is InChI=1S/C10H13NO6/c1-6(12)4-11(3)9(13)15-5-8-7(2)16-10(14)17-8/h4-5H2,1-3H3. The van der Waals surface area contributed by atoms with Gasteiger partial charge in [0.15, 0.2) is 18.1 Å². The molecule has 1 aromatic heterocycles. The van der Waals surface area contributed by atoms with Crippen molar-refractivity contribution in [1.82, 2.24) is 4.90 Å². The lowest BCUT2D eigenvalue weighted by atomic mass is 10.4. The number of ether oxygens (including phenoxy) is 1. The number of amides is 1. The number of likely N-dealkylation sites (N-methyl/N-ethyl adjacent to an activating group) is 1. The first kappa shape index (κ1) is 13.0. The second-order valence-corrected chi connectivity index (χ2v) is 3.55. The Balaban J connectivity index is 2.51. The molecule has 0 unspecified atom stereocenters. The number of aryl methyl sites for hydroxylation is 1. The number of rotatable bonds is 4. The second kappa shape index (κ2) is 5.33. The van der Waals surface area contributed by atoms with E-state index in [-0.39, 0.29) is 30.5 Å². The first-order valence-electron chi connectivity index (χ1n) is 4.87. The van der Waals surface area contributed by atoms with Gasteiger partial charge in [0.05, 0.1) is 6.54 Å². The Morgan fingerprint density at radius 1 is 1.35 bits per heavy atom. The highest BCUT2D eigenvalue weighted by Crippen LogP contribution is 2.07. The number of nitrogens with zero attached hydrogens (tertiary/aromatic N) is 1. The van der Waals surface area contributed by atoms with Crippen LogP contribution in [-0.2, 0) is 16.1 Å². The van der Waals surface area contributed by atoms with Gasteiger partial charge in [-0.15, -0.1) is 0 Å². The maximum Gasteiger partial charge on any atom is 0.519 e. The van der Waals surface area contributed by atoms with Crippen molar-refractivity contribution in [1.29, 1.82) is 0 Å². The number of carbonyl (C=O) groups excluding carboxylic acids is 2. The summed E-state index contributed by atoms with van der Waals surface area (Å²) in [6.07, 6.45) is -0.677. The summed E-state index contributed by atoms with van der Waals surface area (Å²) in [5.41, 5.74) is 0. The van der Waals surface area contributed by atoms with Gasteiger partial charge in [-0.2, -0.15) is 0 Å². The molecule has 7 nitrogen and oxygen atoms in total. The minimum absolute atomic E-state index is 0.0346. The average molecular weight is 243 g/mol. The van der Waals surface area contributed by atoms with Gasteiger partial charge in [-0.3, -0.25) is 4.79 Å². The van der Waals surface area contributed by atoms with E-state index in [4.69, 9.17) is 4.74 Å². The first-order valence-corrected chi connectivity index (χ1v) is 4.87. The minimum atomic E-state index is -0.842. The molecule has 0 aliphatic rings. The van der Waals surface area contributed by atoms with Crippen LogP contribution in [0.15, 0.2) is 13.6 Å². The molecule has 1 amide bonds. The van der Waals surface area contributed by atoms with E-state index in [0.717, 1.165) is 4.90 Å². The number of carbonyl (C=O) groups is 2. The molecule has 0 aromatic carbocycles. The maximum atomic E-state index is 11.4. The van der Waals surface area contributed by atoms with Gasteiger partial charge in [-0.25, -0.2) is 9.59 Å². The molecule has 0 aliphatic heterocycles. The normalized spacial score (nSPS) is 10.1. The van der Waals surface area contributed by atoms with Crippen LogP contribution in [0.4, 0.5) is 4.79 Å². The van der Waals surface area contributed by atoms with Crippen molar-refractivity contribution in [3.05, 3.63) is 22.1 Å². The highest BCUT2D eigenvalue weighted by molar-refractivity contribution is 5.81. The molecule has 1 heterocycles. The number of hydrogen-bond acceptors (Lipinski definition) is 6. The fraction of sp³-hybridized carbons (Fsp3) is 0.500. The van der Waals surface area contributed by atoms with Crippen LogP contribution >= 0.6 is 0 Å². The van der Waals surface area contributed by atoms with Crippen molar-refractivity contribution in [2.24, 2.45) is 0 Å². The molecule has 0 N–H and O–H groups in total. The van der Waals surface area contributed by atoms with E-state index in [1.165, 1.54) is 20.9 Å². The summed E-state index contributed by atoms with van der Waals surface area (Å²) >= 11 is 0. The molecule has 0 fully saturated rings. The van der Waals surface area contributed by atoms with Crippen molar-refractivity contribution in [2.45, 2.75) is 20.5 Å². The topological polar surface area (TPSA) is 90.0 Å². The van der Waals surface area contributed by atoms with Gasteiger partial charge in [0.25, 0.3) is 0 Å². The fourth-order valence-corrected chi connectivity index (χ4v) is 1.14. The van der Waals surface area contributed by atoms with Gasteiger partial charge in [0, 0.05) is 7.05 Å². The highest BCUT2D eigenvalue weighted by Gasteiger charge is 2.15. The number of Topliss-reactive ketones (excluding diaryl/α,β-unsaturated/α-hetero) is 1. The van der Waals surface area contributed by atoms with Crippen molar-refractivity contribution < 1.29 is 23.2 Å². The first-order chi connectivity index (χ1) is 7.90. The van der Waals surface area contributed by atoms with E-state index in [9.17, 15) is 14.4 Å². The molecule has 0 saturated carbocycles. The summed E-state index contributed by atoms with van der Waals surface area (Å²) in [4.78, 5) is 34.0. The molecule has 0 aliphatic carbocycles. The van der Waals surface area contributed by atoms with Gasteiger partial charge in [0.2, 0.25) is 0 Å². The molecule has 94 valence electrons. The van der Waals surface area contributed by atoms with Crippen LogP contribution in [0.2, 0.25) is 0 Å². The predicted octanol–water partition coefficient (Wildman–Crippen LogP) is 0.699. The molecule has 7 heteroatoms. The van der Waals surface area contributed by atoms with Gasteiger partial charge in [-0.05, 0) is 13.8 Å². The second-order valence-electron chi connectivity index (χ2n) is 3.55. The number of ketones is 1. The van der Waals surface area contributed by atoms with Crippen molar-refractivity contribution in [3.63, 3.8) is 0 Å². The highest BCUT2D eigenvalue weighted by atomic mass is 16.6. The van der Waals surface area contributed by atoms with Gasteiger partial charge >= 0.3 is 11.9 Å². The Morgan fingerprint density at radius 2 is 2.00 bits per heavy atom. The Kier molecular flexibility index (Phi) is 4.08. The van der Waals surface area contributed by atoms with E-state index in [0.29, 0.717) is 0 Å². The Labute approximate surface area is 96.9 Å². The fourth-order valence-electron chi connectivity index (χ4n) is 1.14. The summed E-state index contributed by atoms with van der Waals surface area (Å²) in [6.45, 7) is 2.64. The molecular weight excluding hydrogens is 230 g/mol. The van der Waals surface area contributed by atoms with E-state index in [2.05, 4.69) is 8.83 Å². The largest absolute Gasteiger partial charge is 0.519 e. The quantitative estimate of drug-likeness (QED) is 0.773. The molecular formula is C10H13NO6. The summed E-state index contributed by atoms with van der Waals surface area (Å²) in [7, 11) is 1.43. The Bertz CT molecular complexity index is 471. The third-order valence-electron chi connectivity index (χ3n) is 1.93. The Hall–Kier alpha value is -2.05. The summed E-state index contributed by atoms with van der Waals surface area (Å²) in [5, 5.41) is 0. The lowest BCUT2D eigenvalue weighted by molar-refractivity contribution is -0.117. The third-order valence-corrected chi connectivity index (χ3v) is 1.93. The van der Waals surface area contributed by atoms with Crippen LogP contribution in [0.25, 0.3) is 0 Å². The molecule has 0 spiro atoms. The lowest BCUT2D eigenvalue weighted by Gasteiger charge is -2.14. The van der Waals surface area contributed by atoms with Crippen LogP contribution < -0.4 is 5.82 Å². The molecule has 0 radical (unpaired) electrons. The monoisotopic (exact) mass is 243 g/mol. The summed E-state index contributed by atoms with van der Waals surface area (Å²) in [6, 6.07) is 0. The van der Waals surface area contributed by atoms with Crippen LogP contribution in [-0.4, -0.2) is 30.4 Å². The molecule has 1 rings (SSSR count). The number of hydrogen-bond donors (Lipinski definition) is 0. The zero-order valence-electron chi connectivity index (χ0n) is 9.81. The van der Waals surface area contributed by atoms with Crippen LogP contribution in [0.5, 0.6) is 0 Å². The molecule has 0 saturated heterocycles. The lowest BCUT2D eigenvalue weighted by Crippen LogP contribution is -2.31. The Morgan fingerprint density at radius 3 is 2.47 bits per heavy atom. The average Bonchev–Trinajstić information content (AvgIpc) is 2.52.